The van der Waals surface area contributed by atoms with E-state index in [1.807, 2.05) is 49.0 Å². The Morgan fingerprint density at radius 3 is 2.75 bits per heavy atom. The molecule has 0 spiro atoms. The first kappa shape index (κ1) is 10.6. The highest BCUT2D eigenvalue weighted by Crippen LogP contribution is 2.16. The molecule has 0 saturated carbocycles. The van der Waals surface area contributed by atoms with Crippen LogP contribution in [0.1, 0.15) is 12.5 Å². The molecule has 0 fully saturated rings. The van der Waals surface area contributed by atoms with Gasteiger partial charge in [-0.1, -0.05) is 6.07 Å². The molecule has 0 atom stereocenters. The standard InChI is InChI=1S/C13H14N2O/c1-9-6-7-12-11(5-4-8-15(12)3)13(9)14-10(2)16/h4-8H,1-3H3. The minimum absolute atomic E-state index is 0.165. The number of carbonyl (C=O) groups is 1. The fourth-order valence-corrected chi connectivity index (χ4v) is 1.83. The molecule has 2 aliphatic rings. The Bertz CT molecular complexity index is 581. The number of hydrogen-bond donors (Lipinski definition) is 0. The molecule has 0 N–H and O–H groups in total. The fraction of sp³-hybridized carbons (Fsp3) is 0.231. The second-order valence-corrected chi connectivity index (χ2v) is 3.91. The molecule has 82 valence electrons. The summed E-state index contributed by atoms with van der Waals surface area (Å²) in [6.07, 6.45) is 1.98. The third-order valence-electron chi connectivity index (χ3n) is 2.62. The molecule has 2 rings (SSSR count). The summed E-state index contributed by atoms with van der Waals surface area (Å²) >= 11 is 0. The van der Waals surface area contributed by atoms with Crippen molar-refractivity contribution in [3.05, 3.63) is 41.4 Å². The van der Waals surface area contributed by atoms with Crippen LogP contribution in [-0.2, 0) is 11.8 Å². The zero-order valence-corrected chi connectivity index (χ0v) is 9.69. The van der Waals surface area contributed by atoms with Crippen molar-refractivity contribution in [2.75, 3.05) is 0 Å². The Kier molecular flexibility index (Phi) is 2.60. The quantitative estimate of drug-likeness (QED) is 0.659. The Hall–Kier alpha value is -1.90. The number of nitrogens with zero attached hydrogens (tertiary/aromatic N) is 2. The second kappa shape index (κ2) is 3.93. The third-order valence-corrected chi connectivity index (χ3v) is 2.62. The molecule has 16 heavy (non-hydrogen) atoms. The zero-order chi connectivity index (χ0) is 11.7. The Balaban J connectivity index is 2.88. The van der Waals surface area contributed by atoms with E-state index in [-0.39, 0.29) is 5.91 Å². The van der Waals surface area contributed by atoms with Gasteiger partial charge in [0.05, 0.1) is 5.36 Å². The van der Waals surface area contributed by atoms with Crippen LogP contribution in [0.15, 0.2) is 35.5 Å². The number of benzene rings is 1. The molecule has 0 saturated heterocycles. The molecular weight excluding hydrogens is 200 g/mol. The van der Waals surface area contributed by atoms with Crippen molar-refractivity contribution < 1.29 is 4.79 Å². The SMILES string of the molecule is CC(=O)N=c1c(C)ccc2n(C)cccc1-2. The molecule has 0 aromatic rings. The predicted molar refractivity (Wildman–Crippen MR) is 63.0 cm³/mol. The maximum Gasteiger partial charge on any atom is 0.243 e. The van der Waals surface area contributed by atoms with Crippen molar-refractivity contribution in [1.29, 1.82) is 0 Å². The van der Waals surface area contributed by atoms with Gasteiger partial charge in [0.25, 0.3) is 0 Å². The van der Waals surface area contributed by atoms with E-state index in [4.69, 9.17) is 0 Å². The molecular formula is C13H14N2O. The van der Waals surface area contributed by atoms with Gasteiger partial charge in [0.1, 0.15) is 0 Å². The van der Waals surface area contributed by atoms with Gasteiger partial charge in [0.15, 0.2) is 0 Å². The first-order valence-corrected chi connectivity index (χ1v) is 5.20. The summed E-state index contributed by atoms with van der Waals surface area (Å²) in [7, 11) is 1.98. The second-order valence-electron chi connectivity index (χ2n) is 3.91. The van der Waals surface area contributed by atoms with Gasteiger partial charge in [-0.15, -0.1) is 0 Å². The van der Waals surface area contributed by atoms with Crippen molar-refractivity contribution in [1.82, 2.24) is 4.57 Å². The van der Waals surface area contributed by atoms with Crippen LogP contribution in [0.5, 0.6) is 0 Å². The highest BCUT2D eigenvalue weighted by atomic mass is 16.1. The molecule has 3 nitrogen and oxygen atoms in total. The van der Waals surface area contributed by atoms with E-state index in [0.29, 0.717) is 0 Å². The van der Waals surface area contributed by atoms with E-state index in [2.05, 4.69) is 4.99 Å². The molecule has 3 heteroatoms. The normalized spacial score (nSPS) is 12.1. The van der Waals surface area contributed by atoms with Crippen LogP contribution >= 0.6 is 0 Å². The van der Waals surface area contributed by atoms with Gasteiger partial charge in [-0.2, -0.15) is 0 Å². The summed E-state index contributed by atoms with van der Waals surface area (Å²) in [5.74, 6) is -0.165. The summed E-state index contributed by atoms with van der Waals surface area (Å²) in [6, 6.07) is 7.99. The molecule has 0 radical (unpaired) electrons. The van der Waals surface area contributed by atoms with Gasteiger partial charge in [-0.25, -0.2) is 4.99 Å². The van der Waals surface area contributed by atoms with Crippen molar-refractivity contribution in [3.63, 3.8) is 0 Å². The topological polar surface area (TPSA) is 34.4 Å². The number of aryl methyl sites for hydroxylation is 2. The van der Waals surface area contributed by atoms with Gasteiger partial charge in [0, 0.05) is 31.4 Å². The average molecular weight is 214 g/mol. The molecule has 1 amide bonds. The van der Waals surface area contributed by atoms with Gasteiger partial charge < -0.3 is 4.57 Å². The van der Waals surface area contributed by atoms with Gasteiger partial charge >= 0.3 is 0 Å². The van der Waals surface area contributed by atoms with Gasteiger partial charge in [-0.3, -0.25) is 4.79 Å². The van der Waals surface area contributed by atoms with E-state index in [1.165, 1.54) is 6.92 Å². The molecule has 0 unspecified atom stereocenters. The maximum absolute atomic E-state index is 11.1. The van der Waals surface area contributed by atoms with Crippen molar-refractivity contribution >= 4 is 5.91 Å². The van der Waals surface area contributed by atoms with E-state index in [1.54, 1.807) is 0 Å². The minimum Gasteiger partial charge on any atom is -0.351 e. The van der Waals surface area contributed by atoms with Crippen LogP contribution in [0, 0.1) is 6.92 Å². The minimum atomic E-state index is -0.165. The smallest absolute Gasteiger partial charge is 0.243 e. The number of hydrogen-bond acceptors (Lipinski definition) is 1. The Morgan fingerprint density at radius 1 is 1.31 bits per heavy atom. The van der Waals surface area contributed by atoms with Crippen molar-refractivity contribution in [3.8, 4) is 11.3 Å². The molecule has 1 aliphatic heterocycles. The molecule has 1 heterocycles. The van der Waals surface area contributed by atoms with Gasteiger partial charge in [0.2, 0.25) is 5.91 Å². The number of rotatable bonds is 0. The zero-order valence-electron chi connectivity index (χ0n) is 9.69. The number of fused-ring (bicyclic) bond motifs is 1. The molecule has 0 bridgehead atoms. The monoisotopic (exact) mass is 214 g/mol. The van der Waals surface area contributed by atoms with Crippen molar-refractivity contribution in [2.24, 2.45) is 12.0 Å². The fourth-order valence-electron chi connectivity index (χ4n) is 1.83. The number of aromatic nitrogens is 1. The number of pyridine rings is 1. The summed E-state index contributed by atoms with van der Waals surface area (Å²) in [6.45, 7) is 3.44. The lowest BCUT2D eigenvalue weighted by Gasteiger charge is -2.12. The largest absolute Gasteiger partial charge is 0.351 e. The van der Waals surface area contributed by atoms with Crippen molar-refractivity contribution in [2.45, 2.75) is 13.8 Å². The first-order valence-electron chi connectivity index (χ1n) is 5.20. The van der Waals surface area contributed by atoms with Gasteiger partial charge in [-0.05, 0) is 30.7 Å². The summed E-state index contributed by atoms with van der Waals surface area (Å²) in [4.78, 5) is 15.2. The lowest BCUT2D eigenvalue weighted by atomic mass is 10.0. The van der Waals surface area contributed by atoms with Crippen LogP contribution in [0.3, 0.4) is 0 Å². The maximum atomic E-state index is 11.1. The summed E-state index contributed by atoms with van der Waals surface area (Å²) < 4.78 is 2.02. The Labute approximate surface area is 94.4 Å². The lowest BCUT2D eigenvalue weighted by Crippen LogP contribution is -2.15. The number of carbonyl (C=O) groups excluding carboxylic acids is 1. The van der Waals surface area contributed by atoms with E-state index >= 15 is 0 Å². The van der Waals surface area contributed by atoms with Crippen LogP contribution in [0.4, 0.5) is 0 Å². The van der Waals surface area contributed by atoms with E-state index in [9.17, 15) is 4.79 Å². The van der Waals surface area contributed by atoms with Crippen LogP contribution in [0.2, 0.25) is 0 Å². The molecule has 0 aromatic heterocycles. The summed E-state index contributed by atoms with van der Waals surface area (Å²) in [5.41, 5.74) is 3.11. The van der Waals surface area contributed by atoms with Crippen LogP contribution in [0.25, 0.3) is 11.3 Å². The average Bonchev–Trinajstić information content (AvgIpc) is 2.22. The van der Waals surface area contributed by atoms with E-state index < -0.39 is 0 Å². The first-order chi connectivity index (χ1) is 7.59. The highest BCUT2D eigenvalue weighted by molar-refractivity contribution is 5.75. The Morgan fingerprint density at radius 2 is 2.06 bits per heavy atom. The molecule has 1 aliphatic carbocycles. The third kappa shape index (κ3) is 1.76. The summed E-state index contributed by atoms with van der Waals surface area (Å²) in [5, 5.41) is 0.779. The van der Waals surface area contributed by atoms with Crippen LogP contribution < -0.4 is 5.36 Å². The van der Waals surface area contributed by atoms with E-state index in [0.717, 1.165) is 22.2 Å². The van der Waals surface area contributed by atoms with Crippen LogP contribution in [-0.4, -0.2) is 10.5 Å². The lowest BCUT2D eigenvalue weighted by molar-refractivity contribution is -0.116. The number of amides is 1. The molecule has 0 aromatic carbocycles. The predicted octanol–water partition coefficient (Wildman–Crippen LogP) is 1.89. The highest BCUT2D eigenvalue weighted by Gasteiger charge is 2.07.